The van der Waals surface area contributed by atoms with E-state index in [0.29, 0.717) is 29.6 Å². The van der Waals surface area contributed by atoms with Crippen LogP contribution in [0.25, 0.3) is 17.1 Å². The van der Waals surface area contributed by atoms with Crippen molar-refractivity contribution >= 4 is 17.0 Å². The molecule has 1 aliphatic heterocycles. The third-order valence-corrected chi connectivity index (χ3v) is 5.06. The molecular weight excluding hydrogens is 394 g/mol. The smallest absolute Gasteiger partial charge is 0.254 e. The van der Waals surface area contributed by atoms with Gasteiger partial charge in [-0.2, -0.15) is 15.1 Å². The van der Waals surface area contributed by atoms with Crippen LogP contribution in [0, 0.1) is 13.8 Å². The highest BCUT2D eigenvalue weighted by Crippen LogP contribution is 2.25. The van der Waals surface area contributed by atoms with Gasteiger partial charge in [-0.25, -0.2) is 9.67 Å². The fourth-order valence-electron chi connectivity index (χ4n) is 3.58. The zero-order chi connectivity index (χ0) is 21.4. The van der Waals surface area contributed by atoms with Gasteiger partial charge in [-0.15, -0.1) is 0 Å². The first-order valence-electron chi connectivity index (χ1n) is 10.2. The van der Waals surface area contributed by atoms with Crippen molar-refractivity contribution in [1.29, 1.82) is 0 Å². The summed E-state index contributed by atoms with van der Waals surface area (Å²) in [5.74, 6) is 1.48. The van der Waals surface area contributed by atoms with Crippen molar-refractivity contribution in [3.8, 4) is 5.95 Å². The molecule has 0 bridgehead atoms. The number of aryl methyl sites for hydroxylation is 3. The lowest BCUT2D eigenvalue weighted by Crippen LogP contribution is -2.15. The molecular formula is C22H23N7O2. The number of anilines is 1. The van der Waals surface area contributed by atoms with E-state index < -0.39 is 6.29 Å². The molecule has 158 valence electrons. The summed E-state index contributed by atoms with van der Waals surface area (Å²) in [7, 11) is 0. The molecule has 5 rings (SSSR count). The van der Waals surface area contributed by atoms with E-state index in [0.717, 1.165) is 29.1 Å². The molecule has 0 saturated carbocycles. The van der Waals surface area contributed by atoms with E-state index in [2.05, 4.69) is 15.4 Å². The lowest BCUT2D eigenvalue weighted by molar-refractivity contribution is -0.0285. The zero-order valence-corrected chi connectivity index (χ0v) is 17.6. The molecule has 31 heavy (non-hydrogen) atoms. The summed E-state index contributed by atoms with van der Waals surface area (Å²) in [6.07, 6.45) is 3.57. The van der Waals surface area contributed by atoms with Crippen LogP contribution in [0.2, 0.25) is 0 Å². The van der Waals surface area contributed by atoms with Crippen LogP contribution in [-0.2, 0) is 22.4 Å². The summed E-state index contributed by atoms with van der Waals surface area (Å²) in [6, 6.07) is 12.1. The van der Waals surface area contributed by atoms with Crippen LogP contribution in [0.3, 0.4) is 0 Å². The van der Waals surface area contributed by atoms with E-state index in [1.807, 2.05) is 61.7 Å². The van der Waals surface area contributed by atoms with Crippen LogP contribution in [0.4, 0.5) is 5.82 Å². The van der Waals surface area contributed by atoms with E-state index in [4.69, 9.17) is 19.4 Å². The number of imidazole rings is 1. The van der Waals surface area contributed by atoms with Gasteiger partial charge in [-0.1, -0.05) is 30.3 Å². The van der Waals surface area contributed by atoms with E-state index >= 15 is 0 Å². The Hall–Kier alpha value is -3.88. The maximum absolute atomic E-state index is 5.94. The van der Waals surface area contributed by atoms with Crippen molar-refractivity contribution < 1.29 is 9.47 Å². The Morgan fingerprint density at radius 2 is 1.97 bits per heavy atom. The number of benzene rings is 1. The lowest BCUT2D eigenvalue weighted by Gasteiger charge is -2.13. The molecule has 4 heterocycles. The van der Waals surface area contributed by atoms with Gasteiger partial charge in [-0.3, -0.25) is 0 Å². The summed E-state index contributed by atoms with van der Waals surface area (Å²) in [5.41, 5.74) is 4.37. The average Bonchev–Trinajstić information content (AvgIpc) is 3.47. The average molecular weight is 417 g/mol. The summed E-state index contributed by atoms with van der Waals surface area (Å²) < 4.78 is 15.3. The number of ether oxygens (including phenoxy) is 2. The van der Waals surface area contributed by atoms with Crippen molar-refractivity contribution in [3.63, 3.8) is 0 Å². The number of hydrogen-bond acceptors (Lipinski definition) is 7. The van der Waals surface area contributed by atoms with Gasteiger partial charge in [0.05, 0.1) is 12.0 Å². The highest BCUT2D eigenvalue weighted by Gasteiger charge is 2.23. The molecule has 1 unspecified atom stereocenters. The Labute approximate surface area is 179 Å². The number of hydrogen-bond donors (Lipinski definition) is 1. The van der Waals surface area contributed by atoms with Crippen LogP contribution >= 0.6 is 0 Å². The number of nitrogens with zero attached hydrogens (tertiary/aromatic N) is 6. The van der Waals surface area contributed by atoms with Crippen LogP contribution in [0.15, 0.2) is 54.9 Å². The molecule has 1 N–H and O–H groups in total. The Morgan fingerprint density at radius 1 is 1.13 bits per heavy atom. The third-order valence-electron chi connectivity index (χ3n) is 5.06. The molecule has 0 radical (unpaired) electrons. The number of rotatable bonds is 6. The molecule has 0 fully saturated rings. The SMILES string of the molecule is CCn1cnc2c(NC3=COC(Cc4ccccc4)O3)nc(-n3nc(C)cc3C)nc21. The van der Waals surface area contributed by atoms with Crippen molar-refractivity contribution in [2.45, 2.75) is 40.0 Å². The molecule has 9 heteroatoms. The van der Waals surface area contributed by atoms with Crippen molar-refractivity contribution in [3.05, 3.63) is 71.8 Å². The van der Waals surface area contributed by atoms with Gasteiger partial charge in [0.25, 0.3) is 5.95 Å². The fourth-order valence-corrected chi connectivity index (χ4v) is 3.58. The molecule has 3 aromatic heterocycles. The third kappa shape index (κ3) is 3.70. The van der Waals surface area contributed by atoms with Crippen LogP contribution < -0.4 is 5.32 Å². The quantitative estimate of drug-likeness (QED) is 0.513. The molecule has 1 aliphatic rings. The van der Waals surface area contributed by atoms with Crippen LogP contribution in [0.1, 0.15) is 23.9 Å². The van der Waals surface area contributed by atoms with Gasteiger partial charge >= 0.3 is 0 Å². The number of fused-ring (bicyclic) bond motifs is 1. The van der Waals surface area contributed by atoms with Crippen LogP contribution in [0.5, 0.6) is 0 Å². The normalized spacial score (nSPS) is 15.6. The first-order valence-corrected chi connectivity index (χ1v) is 10.2. The molecule has 0 spiro atoms. The molecule has 1 aromatic carbocycles. The second-order valence-corrected chi connectivity index (χ2v) is 7.39. The Bertz CT molecular complexity index is 1260. The minimum Gasteiger partial charge on any atom is -0.457 e. The minimum atomic E-state index is -0.397. The van der Waals surface area contributed by atoms with Crippen LogP contribution in [-0.4, -0.2) is 35.6 Å². The number of aromatic nitrogens is 6. The second kappa shape index (κ2) is 7.75. The standard InChI is InChI=1S/C22H23N7O2/c1-4-28-13-23-19-20(25-22(26-21(19)28)29-15(3)10-14(2)27-29)24-17-12-30-18(31-17)11-16-8-6-5-7-9-16/h5-10,12-13,18H,4,11H2,1-3H3,(H,24,25,26). The Balaban J connectivity index is 1.44. The summed E-state index contributed by atoms with van der Waals surface area (Å²) in [6.45, 7) is 6.70. The molecule has 4 aromatic rings. The van der Waals surface area contributed by atoms with Gasteiger partial charge in [0.2, 0.25) is 12.2 Å². The number of nitrogens with one attached hydrogen (secondary N) is 1. The highest BCUT2D eigenvalue weighted by atomic mass is 16.7. The van der Waals surface area contributed by atoms with Gasteiger partial charge in [0, 0.05) is 18.7 Å². The first-order chi connectivity index (χ1) is 15.1. The second-order valence-electron chi connectivity index (χ2n) is 7.39. The zero-order valence-electron chi connectivity index (χ0n) is 17.6. The van der Waals surface area contributed by atoms with Gasteiger partial charge in [0.15, 0.2) is 17.0 Å². The van der Waals surface area contributed by atoms with Crippen molar-refractivity contribution in [1.82, 2.24) is 29.3 Å². The van der Waals surface area contributed by atoms with Gasteiger partial charge in [-0.05, 0) is 32.4 Å². The monoisotopic (exact) mass is 417 g/mol. The van der Waals surface area contributed by atoms with Crippen molar-refractivity contribution in [2.24, 2.45) is 0 Å². The van der Waals surface area contributed by atoms with E-state index in [9.17, 15) is 0 Å². The van der Waals surface area contributed by atoms with E-state index in [1.54, 1.807) is 17.3 Å². The van der Waals surface area contributed by atoms with E-state index in [-0.39, 0.29) is 0 Å². The minimum absolute atomic E-state index is 0.397. The molecule has 0 aliphatic carbocycles. The fraction of sp³-hybridized carbons (Fsp3) is 0.273. The summed E-state index contributed by atoms with van der Waals surface area (Å²) >= 11 is 0. The van der Waals surface area contributed by atoms with Crippen molar-refractivity contribution in [2.75, 3.05) is 5.32 Å². The molecule has 0 saturated heterocycles. The predicted molar refractivity (Wildman–Crippen MR) is 115 cm³/mol. The van der Waals surface area contributed by atoms with Gasteiger partial charge < -0.3 is 19.4 Å². The topological polar surface area (TPSA) is 91.9 Å². The summed E-state index contributed by atoms with van der Waals surface area (Å²) in [4.78, 5) is 13.9. The Kier molecular flexibility index (Phi) is 4.78. The van der Waals surface area contributed by atoms with E-state index in [1.165, 1.54) is 0 Å². The highest BCUT2D eigenvalue weighted by molar-refractivity contribution is 5.84. The predicted octanol–water partition coefficient (Wildman–Crippen LogP) is 3.48. The molecule has 9 nitrogen and oxygen atoms in total. The maximum Gasteiger partial charge on any atom is 0.254 e. The van der Waals surface area contributed by atoms with Gasteiger partial charge in [0.1, 0.15) is 6.26 Å². The maximum atomic E-state index is 5.94. The lowest BCUT2D eigenvalue weighted by atomic mass is 10.1. The Morgan fingerprint density at radius 3 is 2.71 bits per heavy atom. The molecule has 1 atom stereocenters. The largest absolute Gasteiger partial charge is 0.457 e. The molecule has 0 amide bonds. The summed E-state index contributed by atoms with van der Waals surface area (Å²) in [5, 5.41) is 7.74. The first kappa shape index (κ1) is 19.1.